The second-order valence-corrected chi connectivity index (χ2v) is 6.26. The minimum Gasteiger partial charge on any atom is -0.463 e. The minimum atomic E-state index is -0.304. The summed E-state index contributed by atoms with van der Waals surface area (Å²) >= 11 is 1.35. The van der Waals surface area contributed by atoms with Crippen molar-refractivity contribution in [3.05, 3.63) is 59.8 Å². The summed E-state index contributed by atoms with van der Waals surface area (Å²) in [4.78, 5) is 13.8. The zero-order chi connectivity index (χ0) is 16.2. The summed E-state index contributed by atoms with van der Waals surface area (Å²) in [6, 6.07) is 9.57. The smallest absolute Gasteiger partial charge is 0.242 e. The quantitative estimate of drug-likeness (QED) is 0.638. The molecule has 7 heteroatoms. The van der Waals surface area contributed by atoms with Crippen molar-refractivity contribution in [3.8, 4) is 0 Å². The van der Waals surface area contributed by atoms with E-state index in [1.54, 1.807) is 35.4 Å². The molecule has 118 valence electrons. The topological polar surface area (TPSA) is 58.2 Å². The molecule has 2 heterocycles. The lowest BCUT2D eigenvalue weighted by atomic mass is 10.2. The third kappa shape index (κ3) is 3.68. The number of furan rings is 1. The van der Waals surface area contributed by atoms with Crippen LogP contribution in [0.3, 0.4) is 0 Å². The lowest BCUT2D eigenvalue weighted by Crippen LogP contribution is -2.30. The van der Waals surface area contributed by atoms with Gasteiger partial charge in [0.15, 0.2) is 5.17 Å². The number of carbonyl (C=O) groups excluding carboxylic acids is 1. The van der Waals surface area contributed by atoms with Gasteiger partial charge < -0.3 is 4.42 Å². The van der Waals surface area contributed by atoms with E-state index < -0.39 is 0 Å². The fourth-order valence-electron chi connectivity index (χ4n) is 2.08. The third-order valence-electron chi connectivity index (χ3n) is 3.25. The second-order valence-electron chi connectivity index (χ2n) is 4.95. The zero-order valence-electron chi connectivity index (χ0n) is 12.3. The summed E-state index contributed by atoms with van der Waals surface area (Å²) in [5.41, 5.74) is 0.831. The number of carbonyl (C=O) groups is 1. The van der Waals surface area contributed by atoms with Crippen molar-refractivity contribution < 1.29 is 13.6 Å². The Labute approximate surface area is 136 Å². The number of amides is 1. The highest BCUT2D eigenvalue weighted by Gasteiger charge is 2.35. The average Bonchev–Trinajstić information content (AvgIpc) is 3.14. The molecule has 3 rings (SSSR count). The fraction of sp³-hybridized carbons (Fsp3) is 0.188. The first kappa shape index (κ1) is 15.5. The van der Waals surface area contributed by atoms with E-state index in [1.807, 2.05) is 6.92 Å². The highest BCUT2D eigenvalue weighted by molar-refractivity contribution is 8.15. The zero-order valence-corrected chi connectivity index (χ0v) is 13.2. The van der Waals surface area contributed by atoms with Crippen molar-refractivity contribution >= 4 is 29.1 Å². The van der Waals surface area contributed by atoms with Crippen molar-refractivity contribution in [1.82, 2.24) is 4.90 Å². The summed E-state index contributed by atoms with van der Waals surface area (Å²) in [6.45, 7) is 2.16. The Hall–Kier alpha value is -2.41. The maximum atomic E-state index is 13.0. The van der Waals surface area contributed by atoms with Crippen LogP contribution in [0.25, 0.3) is 0 Å². The van der Waals surface area contributed by atoms with Gasteiger partial charge in [-0.25, -0.2) is 4.39 Å². The Morgan fingerprint density at radius 3 is 2.83 bits per heavy atom. The largest absolute Gasteiger partial charge is 0.463 e. The van der Waals surface area contributed by atoms with E-state index in [4.69, 9.17) is 4.42 Å². The van der Waals surface area contributed by atoms with Crippen LogP contribution in [0.2, 0.25) is 0 Å². The van der Waals surface area contributed by atoms with Crippen molar-refractivity contribution in [1.29, 1.82) is 0 Å². The van der Waals surface area contributed by atoms with Gasteiger partial charge in [-0.1, -0.05) is 23.9 Å². The van der Waals surface area contributed by atoms with E-state index in [2.05, 4.69) is 10.2 Å². The summed E-state index contributed by atoms with van der Waals surface area (Å²) in [5, 5.41) is 8.39. The van der Waals surface area contributed by atoms with E-state index in [0.29, 0.717) is 17.5 Å². The van der Waals surface area contributed by atoms with Gasteiger partial charge in [-0.3, -0.25) is 9.69 Å². The highest BCUT2D eigenvalue weighted by Crippen LogP contribution is 2.28. The van der Waals surface area contributed by atoms with Gasteiger partial charge in [0.1, 0.15) is 11.6 Å². The molecule has 1 fully saturated rings. The molecule has 1 aromatic carbocycles. The number of benzene rings is 1. The summed E-state index contributed by atoms with van der Waals surface area (Å²) in [7, 11) is 0. The van der Waals surface area contributed by atoms with Gasteiger partial charge in [0.25, 0.3) is 0 Å². The SMILES string of the molecule is CC1SC(=NN=Cc2ccco2)N(Cc2ccc(F)cc2)C1=O. The van der Waals surface area contributed by atoms with Crippen LogP contribution in [-0.4, -0.2) is 27.4 Å². The molecule has 0 spiro atoms. The van der Waals surface area contributed by atoms with Crippen LogP contribution in [0.1, 0.15) is 18.2 Å². The number of nitrogens with zero attached hydrogens (tertiary/aromatic N) is 3. The standard InChI is InChI=1S/C16H14FN3O2S/c1-11-15(21)20(10-12-4-6-13(17)7-5-12)16(23-11)19-18-9-14-3-2-8-22-14/h2-9,11H,10H2,1H3. The number of hydrogen-bond donors (Lipinski definition) is 0. The van der Waals surface area contributed by atoms with E-state index >= 15 is 0 Å². The molecule has 0 radical (unpaired) electrons. The van der Waals surface area contributed by atoms with Gasteiger partial charge >= 0.3 is 0 Å². The third-order valence-corrected chi connectivity index (χ3v) is 4.32. The van der Waals surface area contributed by atoms with Crippen LogP contribution in [0, 0.1) is 5.82 Å². The molecule has 0 aliphatic carbocycles. The van der Waals surface area contributed by atoms with Crippen molar-refractivity contribution in [3.63, 3.8) is 0 Å². The molecule has 23 heavy (non-hydrogen) atoms. The van der Waals surface area contributed by atoms with Gasteiger partial charge in [-0.15, -0.1) is 5.10 Å². The fourth-order valence-corrected chi connectivity index (χ4v) is 3.00. The monoisotopic (exact) mass is 331 g/mol. The van der Waals surface area contributed by atoms with Crippen LogP contribution in [0.4, 0.5) is 4.39 Å². The Kier molecular flexibility index (Phi) is 4.57. The molecular weight excluding hydrogens is 317 g/mol. The average molecular weight is 331 g/mol. The van der Waals surface area contributed by atoms with E-state index in [1.165, 1.54) is 30.1 Å². The molecule has 1 unspecified atom stereocenters. The minimum absolute atomic E-state index is 0.0359. The Bertz CT molecular complexity index is 741. The van der Waals surface area contributed by atoms with Crippen molar-refractivity contribution in [2.75, 3.05) is 0 Å². The maximum Gasteiger partial charge on any atom is 0.242 e. The predicted molar refractivity (Wildman–Crippen MR) is 87.7 cm³/mol. The molecule has 1 saturated heterocycles. The second kappa shape index (κ2) is 6.78. The van der Waals surface area contributed by atoms with Crippen LogP contribution in [0.15, 0.2) is 57.3 Å². The predicted octanol–water partition coefficient (Wildman–Crippen LogP) is 3.27. The molecule has 0 bridgehead atoms. The molecule has 0 saturated carbocycles. The Morgan fingerprint density at radius 2 is 2.13 bits per heavy atom. The van der Waals surface area contributed by atoms with Crippen LogP contribution in [-0.2, 0) is 11.3 Å². The Balaban J connectivity index is 1.77. The van der Waals surface area contributed by atoms with Crippen molar-refractivity contribution in [2.45, 2.75) is 18.7 Å². The molecule has 1 atom stereocenters. The van der Waals surface area contributed by atoms with Gasteiger partial charge in [-0.2, -0.15) is 5.10 Å². The van der Waals surface area contributed by atoms with Gasteiger partial charge in [0, 0.05) is 0 Å². The first-order chi connectivity index (χ1) is 11.1. The van der Waals surface area contributed by atoms with Gasteiger partial charge in [-0.05, 0) is 36.8 Å². The molecule has 1 aliphatic heterocycles. The summed E-state index contributed by atoms with van der Waals surface area (Å²) in [6.07, 6.45) is 3.03. The van der Waals surface area contributed by atoms with Gasteiger partial charge in [0.05, 0.1) is 24.3 Å². The highest BCUT2D eigenvalue weighted by atomic mass is 32.2. The Morgan fingerprint density at radius 1 is 1.35 bits per heavy atom. The normalized spacial score (nSPS) is 20.1. The lowest BCUT2D eigenvalue weighted by Gasteiger charge is -2.15. The van der Waals surface area contributed by atoms with Crippen molar-refractivity contribution in [2.24, 2.45) is 10.2 Å². The summed E-state index contributed by atoms with van der Waals surface area (Å²) in [5.74, 6) is 0.245. The number of thioether (sulfide) groups is 1. The van der Waals surface area contributed by atoms with E-state index in [-0.39, 0.29) is 17.0 Å². The molecule has 1 amide bonds. The molecule has 2 aromatic rings. The lowest BCUT2D eigenvalue weighted by molar-refractivity contribution is -0.126. The molecule has 0 N–H and O–H groups in total. The molecule has 1 aliphatic rings. The number of hydrogen-bond acceptors (Lipinski definition) is 5. The summed E-state index contributed by atoms with van der Waals surface area (Å²) < 4.78 is 18.1. The molecule has 1 aromatic heterocycles. The maximum absolute atomic E-state index is 13.0. The number of rotatable bonds is 4. The van der Waals surface area contributed by atoms with E-state index in [0.717, 1.165) is 5.56 Å². The van der Waals surface area contributed by atoms with Crippen LogP contribution >= 0.6 is 11.8 Å². The van der Waals surface area contributed by atoms with Crippen LogP contribution in [0.5, 0.6) is 0 Å². The molecule has 5 nitrogen and oxygen atoms in total. The first-order valence-corrected chi connectivity index (χ1v) is 7.88. The first-order valence-electron chi connectivity index (χ1n) is 7.00. The van der Waals surface area contributed by atoms with Crippen LogP contribution < -0.4 is 0 Å². The number of halogens is 1. The van der Waals surface area contributed by atoms with E-state index in [9.17, 15) is 9.18 Å². The van der Waals surface area contributed by atoms with Gasteiger partial charge in [0.2, 0.25) is 5.91 Å². The molecular formula is C16H14FN3O2S. The number of amidine groups is 1.